The van der Waals surface area contributed by atoms with Gasteiger partial charge in [0.05, 0.1) is 12.0 Å². The first-order valence-corrected chi connectivity index (χ1v) is 9.91. The van der Waals surface area contributed by atoms with Crippen LogP contribution in [0.2, 0.25) is 0 Å². The number of ether oxygens (including phenoxy) is 2. The third-order valence-electron chi connectivity index (χ3n) is 4.58. The fourth-order valence-electron chi connectivity index (χ4n) is 3.12. The molecule has 0 fully saturated rings. The molecule has 0 aliphatic carbocycles. The highest BCUT2D eigenvalue weighted by atomic mass is 16.5. The fraction of sp³-hybridized carbons (Fsp3) is 0.120. The maximum Gasteiger partial charge on any atom is 0.262 e. The first kappa shape index (κ1) is 20.2. The highest BCUT2D eigenvalue weighted by molar-refractivity contribution is 5.92. The summed E-state index contributed by atoms with van der Waals surface area (Å²) in [5, 5.41) is 3.15. The average molecular weight is 415 g/mol. The smallest absolute Gasteiger partial charge is 0.262 e. The van der Waals surface area contributed by atoms with Crippen molar-refractivity contribution in [2.75, 3.05) is 18.5 Å². The molecule has 0 bridgehead atoms. The number of carbonyl (C=O) groups is 1. The van der Waals surface area contributed by atoms with E-state index in [4.69, 9.17) is 13.9 Å². The van der Waals surface area contributed by atoms with E-state index in [1.165, 1.54) is 6.07 Å². The van der Waals surface area contributed by atoms with Crippen molar-refractivity contribution in [2.45, 2.75) is 6.92 Å². The second-order valence-electron chi connectivity index (χ2n) is 6.79. The Hall–Kier alpha value is -4.06. The minimum absolute atomic E-state index is 0.176. The summed E-state index contributed by atoms with van der Waals surface area (Å²) in [6.45, 7) is 2.30. The lowest BCUT2D eigenvalue weighted by Gasteiger charge is -2.09. The van der Waals surface area contributed by atoms with E-state index < -0.39 is 0 Å². The predicted octanol–water partition coefficient (Wildman–Crippen LogP) is 4.88. The Labute approximate surface area is 179 Å². The van der Waals surface area contributed by atoms with E-state index in [2.05, 4.69) is 5.32 Å². The van der Waals surface area contributed by atoms with E-state index in [-0.39, 0.29) is 17.9 Å². The number of fused-ring (bicyclic) bond motifs is 1. The van der Waals surface area contributed by atoms with Crippen LogP contribution in [0.5, 0.6) is 11.5 Å². The topological polar surface area (TPSA) is 77.8 Å². The summed E-state index contributed by atoms with van der Waals surface area (Å²) >= 11 is 0. The Morgan fingerprint density at radius 1 is 0.903 bits per heavy atom. The molecule has 0 spiro atoms. The molecule has 31 heavy (non-hydrogen) atoms. The molecule has 4 aromatic rings. The molecule has 1 heterocycles. The summed E-state index contributed by atoms with van der Waals surface area (Å²) in [4.78, 5) is 24.8. The number of amides is 1. The standard InChI is InChI=1S/C25H21NO5/c1-2-29-19-10-8-18(9-11-19)26-25(28)16-30-20-12-13-23-21(14-20)22(27)15-24(31-23)17-6-4-3-5-7-17/h3-15H,2,16H2,1H3,(H,26,28). The highest BCUT2D eigenvalue weighted by Gasteiger charge is 2.09. The van der Waals surface area contributed by atoms with E-state index in [0.29, 0.717) is 34.8 Å². The quantitative estimate of drug-likeness (QED) is 0.466. The van der Waals surface area contributed by atoms with Gasteiger partial charge in [-0.1, -0.05) is 30.3 Å². The maximum atomic E-state index is 12.6. The third-order valence-corrected chi connectivity index (χ3v) is 4.58. The largest absolute Gasteiger partial charge is 0.494 e. The highest BCUT2D eigenvalue weighted by Crippen LogP contribution is 2.24. The number of hydrogen-bond acceptors (Lipinski definition) is 5. The van der Waals surface area contributed by atoms with Crippen LogP contribution in [-0.4, -0.2) is 19.1 Å². The van der Waals surface area contributed by atoms with Gasteiger partial charge in [0.15, 0.2) is 12.0 Å². The molecule has 0 saturated carbocycles. The lowest BCUT2D eigenvalue weighted by Crippen LogP contribution is -2.20. The van der Waals surface area contributed by atoms with Gasteiger partial charge in [0.1, 0.15) is 22.8 Å². The van der Waals surface area contributed by atoms with Crippen LogP contribution in [-0.2, 0) is 4.79 Å². The molecule has 0 aliphatic rings. The molecule has 1 N–H and O–H groups in total. The third kappa shape index (κ3) is 4.93. The molecular weight excluding hydrogens is 394 g/mol. The van der Waals surface area contributed by atoms with E-state index in [1.807, 2.05) is 37.3 Å². The van der Waals surface area contributed by atoms with Crippen LogP contribution in [0.3, 0.4) is 0 Å². The molecule has 0 saturated heterocycles. The van der Waals surface area contributed by atoms with Gasteiger partial charge in [-0.3, -0.25) is 9.59 Å². The molecule has 0 atom stereocenters. The number of rotatable bonds is 7. The van der Waals surface area contributed by atoms with Crippen LogP contribution in [0, 0.1) is 0 Å². The van der Waals surface area contributed by atoms with Crippen LogP contribution >= 0.6 is 0 Å². The van der Waals surface area contributed by atoms with E-state index in [1.54, 1.807) is 42.5 Å². The molecule has 156 valence electrons. The molecule has 0 aliphatic heterocycles. The molecule has 6 heteroatoms. The molecule has 3 aromatic carbocycles. The lowest BCUT2D eigenvalue weighted by atomic mass is 10.1. The predicted molar refractivity (Wildman–Crippen MR) is 120 cm³/mol. The Bertz CT molecular complexity index is 1250. The van der Waals surface area contributed by atoms with Crippen LogP contribution < -0.4 is 20.2 Å². The molecule has 0 radical (unpaired) electrons. The second kappa shape index (κ2) is 9.17. The van der Waals surface area contributed by atoms with Crippen molar-refractivity contribution < 1.29 is 18.7 Å². The molecule has 4 rings (SSSR count). The van der Waals surface area contributed by atoms with Gasteiger partial charge in [-0.15, -0.1) is 0 Å². The van der Waals surface area contributed by atoms with E-state index >= 15 is 0 Å². The number of anilines is 1. The fourth-order valence-corrected chi connectivity index (χ4v) is 3.12. The van der Waals surface area contributed by atoms with Gasteiger partial charge in [0, 0.05) is 17.3 Å². The normalized spacial score (nSPS) is 10.6. The average Bonchev–Trinajstić information content (AvgIpc) is 2.80. The molecular formula is C25H21NO5. The van der Waals surface area contributed by atoms with E-state index in [9.17, 15) is 9.59 Å². The van der Waals surface area contributed by atoms with Crippen molar-refractivity contribution >= 4 is 22.6 Å². The zero-order valence-electron chi connectivity index (χ0n) is 17.0. The van der Waals surface area contributed by atoms with Crippen molar-refractivity contribution in [1.82, 2.24) is 0 Å². The van der Waals surface area contributed by atoms with Gasteiger partial charge < -0.3 is 19.2 Å². The van der Waals surface area contributed by atoms with Gasteiger partial charge in [0.25, 0.3) is 5.91 Å². The van der Waals surface area contributed by atoms with Crippen LogP contribution in [0.25, 0.3) is 22.3 Å². The summed E-state index contributed by atoms with van der Waals surface area (Å²) in [5.74, 6) is 1.34. The Morgan fingerprint density at radius 2 is 1.65 bits per heavy atom. The van der Waals surface area contributed by atoms with Crippen LogP contribution in [0.1, 0.15) is 6.92 Å². The zero-order chi connectivity index (χ0) is 21.6. The van der Waals surface area contributed by atoms with Gasteiger partial charge in [-0.05, 0) is 49.4 Å². The Kier molecular flexibility index (Phi) is 5.98. The molecule has 0 unspecified atom stereocenters. The summed E-state index contributed by atoms with van der Waals surface area (Å²) in [7, 11) is 0. The minimum Gasteiger partial charge on any atom is -0.494 e. The second-order valence-corrected chi connectivity index (χ2v) is 6.79. The summed E-state index contributed by atoms with van der Waals surface area (Å²) in [6.07, 6.45) is 0. The summed E-state index contributed by atoms with van der Waals surface area (Å²) in [5.41, 5.74) is 1.75. The molecule has 1 aromatic heterocycles. The van der Waals surface area contributed by atoms with E-state index in [0.717, 1.165) is 11.3 Å². The molecule has 1 amide bonds. The van der Waals surface area contributed by atoms with Crippen LogP contribution in [0.4, 0.5) is 5.69 Å². The van der Waals surface area contributed by atoms with Gasteiger partial charge in [0.2, 0.25) is 0 Å². The monoisotopic (exact) mass is 415 g/mol. The van der Waals surface area contributed by atoms with Crippen molar-refractivity contribution in [3.8, 4) is 22.8 Å². The van der Waals surface area contributed by atoms with Gasteiger partial charge in [-0.2, -0.15) is 0 Å². The van der Waals surface area contributed by atoms with Crippen molar-refractivity contribution in [2.24, 2.45) is 0 Å². The number of benzene rings is 3. The summed E-state index contributed by atoms with van der Waals surface area (Å²) < 4.78 is 16.8. The number of hydrogen-bond donors (Lipinski definition) is 1. The van der Waals surface area contributed by atoms with Crippen molar-refractivity contribution in [3.63, 3.8) is 0 Å². The van der Waals surface area contributed by atoms with Crippen molar-refractivity contribution in [3.05, 3.63) is 89.1 Å². The van der Waals surface area contributed by atoms with Gasteiger partial charge in [-0.25, -0.2) is 0 Å². The first-order valence-electron chi connectivity index (χ1n) is 9.91. The Morgan fingerprint density at radius 3 is 2.39 bits per heavy atom. The maximum absolute atomic E-state index is 12.6. The Balaban J connectivity index is 1.43. The first-order chi connectivity index (χ1) is 15.1. The zero-order valence-corrected chi connectivity index (χ0v) is 17.0. The SMILES string of the molecule is CCOc1ccc(NC(=O)COc2ccc3oc(-c4ccccc4)cc(=O)c3c2)cc1. The number of nitrogens with one attached hydrogen (secondary N) is 1. The lowest BCUT2D eigenvalue weighted by molar-refractivity contribution is -0.118. The summed E-state index contributed by atoms with van der Waals surface area (Å²) in [6, 6.07) is 22.9. The van der Waals surface area contributed by atoms with Crippen molar-refractivity contribution in [1.29, 1.82) is 0 Å². The van der Waals surface area contributed by atoms with Crippen LogP contribution in [0.15, 0.2) is 88.1 Å². The number of carbonyl (C=O) groups excluding carboxylic acids is 1. The molecule has 6 nitrogen and oxygen atoms in total. The van der Waals surface area contributed by atoms with Gasteiger partial charge >= 0.3 is 0 Å². The minimum atomic E-state index is -0.310.